The predicted octanol–water partition coefficient (Wildman–Crippen LogP) is 3.64. The normalized spacial score (nSPS) is 13.8. The summed E-state index contributed by atoms with van der Waals surface area (Å²) in [6.07, 6.45) is 0. The molecule has 2 nitrogen and oxygen atoms in total. The fourth-order valence-electron chi connectivity index (χ4n) is 2.72. The summed E-state index contributed by atoms with van der Waals surface area (Å²) in [6, 6.07) is 7.25. The molecule has 17 heavy (non-hydrogen) atoms. The Morgan fingerprint density at radius 1 is 0.824 bits per heavy atom. The van der Waals surface area contributed by atoms with E-state index in [4.69, 9.17) is 5.73 Å². The second kappa shape index (κ2) is 4.02. The summed E-state index contributed by atoms with van der Waals surface area (Å²) in [6.45, 7) is 12.9. The van der Waals surface area contributed by atoms with E-state index < -0.39 is 5.54 Å². The molecule has 0 spiro atoms. The molecule has 1 aromatic rings. The van der Waals surface area contributed by atoms with Crippen LogP contribution in [0.3, 0.4) is 0 Å². The Labute approximate surface area is 105 Å². The van der Waals surface area contributed by atoms with Crippen molar-refractivity contribution in [1.29, 1.82) is 0 Å². The lowest BCUT2D eigenvalue weighted by atomic mass is 9.57. The largest absolute Gasteiger partial charge is 0.508 e. The first-order chi connectivity index (χ1) is 7.50. The predicted molar refractivity (Wildman–Crippen MR) is 72.9 cm³/mol. The Morgan fingerprint density at radius 2 is 1.18 bits per heavy atom. The number of phenols is 1. The lowest BCUT2D eigenvalue weighted by Gasteiger charge is -2.51. The van der Waals surface area contributed by atoms with Crippen molar-refractivity contribution in [3.63, 3.8) is 0 Å². The van der Waals surface area contributed by atoms with Crippen LogP contribution in [-0.2, 0) is 5.54 Å². The van der Waals surface area contributed by atoms with Crippen molar-refractivity contribution in [3.05, 3.63) is 29.8 Å². The topological polar surface area (TPSA) is 46.2 Å². The van der Waals surface area contributed by atoms with E-state index in [-0.39, 0.29) is 16.6 Å². The number of aromatic hydroxyl groups is 1. The maximum absolute atomic E-state index is 9.39. The number of nitrogens with two attached hydrogens (primary N) is 1. The van der Waals surface area contributed by atoms with Gasteiger partial charge < -0.3 is 10.8 Å². The van der Waals surface area contributed by atoms with Crippen molar-refractivity contribution >= 4 is 0 Å². The Kier molecular flexibility index (Phi) is 3.32. The Hall–Kier alpha value is -1.02. The van der Waals surface area contributed by atoms with Crippen LogP contribution >= 0.6 is 0 Å². The van der Waals surface area contributed by atoms with Gasteiger partial charge >= 0.3 is 0 Å². The Bertz CT molecular complexity index is 365. The molecule has 1 aromatic carbocycles. The van der Waals surface area contributed by atoms with Crippen LogP contribution < -0.4 is 5.73 Å². The van der Waals surface area contributed by atoms with Crippen molar-refractivity contribution in [3.8, 4) is 5.75 Å². The number of benzene rings is 1. The second-order valence-electron chi connectivity index (χ2n) is 6.85. The van der Waals surface area contributed by atoms with Crippen molar-refractivity contribution in [2.24, 2.45) is 16.6 Å². The molecule has 96 valence electrons. The first-order valence-corrected chi connectivity index (χ1v) is 6.08. The molecule has 0 heterocycles. The maximum Gasteiger partial charge on any atom is 0.115 e. The molecular weight excluding hydrogens is 210 g/mol. The van der Waals surface area contributed by atoms with Gasteiger partial charge in [0.15, 0.2) is 0 Å². The molecule has 0 saturated heterocycles. The van der Waals surface area contributed by atoms with Crippen LogP contribution in [0.4, 0.5) is 0 Å². The van der Waals surface area contributed by atoms with Crippen LogP contribution in [0, 0.1) is 10.8 Å². The zero-order valence-corrected chi connectivity index (χ0v) is 11.8. The molecule has 0 saturated carbocycles. The number of hydrogen-bond donors (Lipinski definition) is 2. The lowest BCUT2D eigenvalue weighted by Crippen LogP contribution is -2.57. The van der Waals surface area contributed by atoms with Gasteiger partial charge in [0.2, 0.25) is 0 Å². The Morgan fingerprint density at radius 3 is 1.47 bits per heavy atom. The van der Waals surface area contributed by atoms with E-state index >= 15 is 0 Å². The van der Waals surface area contributed by atoms with Gasteiger partial charge in [-0.1, -0.05) is 53.7 Å². The standard InChI is InChI=1S/C15H25NO/c1-13(2,3)15(16,14(4,5)6)11-7-9-12(17)10-8-11/h7-10,17H,16H2,1-6H3. The van der Waals surface area contributed by atoms with Crippen LogP contribution in [0.25, 0.3) is 0 Å². The van der Waals surface area contributed by atoms with Crippen molar-refractivity contribution in [2.45, 2.75) is 47.1 Å². The third-order valence-electron chi connectivity index (χ3n) is 3.69. The van der Waals surface area contributed by atoms with Crippen LogP contribution in [0.1, 0.15) is 47.1 Å². The molecule has 0 unspecified atom stereocenters. The third-order valence-corrected chi connectivity index (χ3v) is 3.69. The SMILES string of the molecule is CC(C)(C)C(N)(c1ccc(O)cc1)C(C)(C)C. The van der Waals surface area contributed by atoms with Crippen LogP contribution in [-0.4, -0.2) is 5.11 Å². The zero-order chi connectivity index (χ0) is 13.5. The quantitative estimate of drug-likeness (QED) is 0.780. The molecule has 1 rings (SSSR count). The molecule has 2 heteroatoms. The average molecular weight is 235 g/mol. The van der Waals surface area contributed by atoms with E-state index in [0.717, 1.165) is 5.56 Å². The van der Waals surface area contributed by atoms with Crippen LogP contribution in [0.5, 0.6) is 5.75 Å². The molecule has 0 aliphatic rings. The minimum atomic E-state index is -0.451. The first-order valence-electron chi connectivity index (χ1n) is 6.08. The number of rotatable bonds is 1. The van der Waals surface area contributed by atoms with E-state index in [1.807, 2.05) is 12.1 Å². The van der Waals surface area contributed by atoms with Gasteiger partial charge in [-0.25, -0.2) is 0 Å². The fourth-order valence-corrected chi connectivity index (χ4v) is 2.72. The first kappa shape index (κ1) is 14.0. The summed E-state index contributed by atoms with van der Waals surface area (Å²) in [4.78, 5) is 0. The summed E-state index contributed by atoms with van der Waals surface area (Å²) < 4.78 is 0. The van der Waals surface area contributed by atoms with Gasteiger partial charge in [-0.15, -0.1) is 0 Å². The molecular formula is C15H25NO. The smallest absolute Gasteiger partial charge is 0.115 e. The molecule has 0 aliphatic carbocycles. The molecule has 0 aliphatic heterocycles. The van der Waals surface area contributed by atoms with Crippen LogP contribution in [0.15, 0.2) is 24.3 Å². The molecule has 0 aromatic heterocycles. The number of hydrogen-bond acceptors (Lipinski definition) is 2. The van der Waals surface area contributed by atoms with Gasteiger partial charge in [0.1, 0.15) is 5.75 Å². The maximum atomic E-state index is 9.39. The molecule has 3 N–H and O–H groups in total. The van der Waals surface area contributed by atoms with Gasteiger partial charge in [0.05, 0.1) is 5.54 Å². The minimum absolute atomic E-state index is 0.0672. The van der Waals surface area contributed by atoms with Gasteiger partial charge in [-0.2, -0.15) is 0 Å². The fraction of sp³-hybridized carbons (Fsp3) is 0.600. The summed E-state index contributed by atoms with van der Waals surface area (Å²) in [7, 11) is 0. The lowest BCUT2D eigenvalue weighted by molar-refractivity contribution is 0.0569. The summed E-state index contributed by atoms with van der Waals surface area (Å²) >= 11 is 0. The van der Waals surface area contributed by atoms with Gasteiger partial charge in [-0.05, 0) is 28.5 Å². The molecule has 0 fully saturated rings. The highest BCUT2D eigenvalue weighted by atomic mass is 16.3. The van der Waals surface area contributed by atoms with Crippen molar-refractivity contribution < 1.29 is 5.11 Å². The molecule has 0 atom stereocenters. The highest BCUT2D eigenvalue weighted by Gasteiger charge is 2.48. The van der Waals surface area contributed by atoms with Crippen molar-refractivity contribution in [2.75, 3.05) is 0 Å². The van der Waals surface area contributed by atoms with E-state index in [1.165, 1.54) is 0 Å². The van der Waals surface area contributed by atoms with Crippen LogP contribution in [0.2, 0.25) is 0 Å². The zero-order valence-electron chi connectivity index (χ0n) is 11.8. The van der Waals surface area contributed by atoms with Crippen molar-refractivity contribution in [1.82, 2.24) is 0 Å². The molecule has 0 amide bonds. The average Bonchev–Trinajstić information content (AvgIpc) is 2.14. The second-order valence-corrected chi connectivity index (χ2v) is 6.85. The third kappa shape index (κ3) is 2.32. The highest BCUT2D eigenvalue weighted by molar-refractivity contribution is 5.34. The molecule has 0 radical (unpaired) electrons. The van der Waals surface area contributed by atoms with E-state index in [1.54, 1.807) is 12.1 Å². The van der Waals surface area contributed by atoms with E-state index in [0.29, 0.717) is 0 Å². The van der Waals surface area contributed by atoms with E-state index in [2.05, 4.69) is 41.5 Å². The van der Waals surface area contributed by atoms with Gasteiger partial charge in [0, 0.05) is 0 Å². The Balaban J connectivity index is 3.41. The monoisotopic (exact) mass is 235 g/mol. The minimum Gasteiger partial charge on any atom is -0.508 e. The molecule has 0 bridgehead atoms. The number of phenolic OH excluding ortho intramolecular Hbond substituents is 1. The van der Waals surface area contributed by atoms with Gasteiger partial charge in [0.25, 0.3) is 0 Å². The summed E-state index contributed by atoms with van der Waals surface area (Å²) in [5, 5.41) is 9.39. The highest BCUT2D eigenvalue weighted by Crippen LogP contribution is 2.49. The van der Waals surface area contributed by atoms with Gasteiger partial charge in [-0.3, -0.25) is 0 Å². The summed E-state index contributed by atoms with van der Waals surface area (Å²) in [5.41, 5.74) is 7.22. The summed E-state index contributed by atoms with van der Waals surface area (Å²) in [5.74, 6) is 0.277. The van der Waals surface area contributed by atoms with E-state index in [9.17, 15) is 5.11 Å².